The first kappa shape index (κ1) is 18.4. The normalized spacial score (nSPS) is 21.0. The maximum absolute atomic E-state index is 11.8. The molecule has 23 heavy (non-hydrogen) atoms. The van der Waals surface area contributed by atoms with E-state index in [-0.39, 0.29) is 12.5 Å². The summed E-state index contributed by atoms with van der Waals surface area (Å²) in [5.41, 5.74) is 0. The second kappa shape index (κ2) is 9.36. The predicted octanol–water partition coefficient (Wildman–Crippen LogP) is 2.34. The Kier molecular flexibility index (Phi) is 7.47. The van der Waals surface area contributed by atoms with Gasteiger partial charge >= 0.3 is 0 Å². The van der Waals surface area contributed by atoms with Crippen molar-refractivity contribution in [2.75, 3.05) is 26.2 Å². The molecule has 2 N–H and O–H groups in total. The number of hydrogen-bond donors (Lipinski definition) is 2. The molecule has 0 spiro atoms. The largest absolute Gasteiger partial charge is 0.482 e. The van der Waals surface area contributed by atoms with Crippen molar-refractivity contribution in [3.8, 4) is 5.75 Å². The van der Waals surface area contributed by atoms with Crippen LogP contribution in [0.3, 0.4) is 0 Å². The Morgan fingerprint density at radius 1 is 1.39 bits per heavy atom. The van der Waals surface area contributed by atoms with Gasteiger partial charge in [-0.15, -0.1) is 0 Å². The second-order valence-electron chi connectivity index (χ2n) is 6.12. The smallest absolute Gasteiger partial charge is 0.257 e. The van der Waals surface area contributed by atoms with Crippen LogP contribution < -0.4 is 15.0 Å². The van der Waals surface area contributed by atoms with Gasteiger partial charge in [0, 0.05) is 18.0 Å². The van der Waals surface area contributed by atoms with Gasteiger partial charge in [-0.2, -0.15) is 0 Å². The highest BCUT2D eigenvalue weighted by Gasteiger charge is 2.20. The van der Waals surface area contributed by atoms with Gasteiger partial charge in [0.2, 0.25) is 0 Å². The van der Waals surface area contributed by atoms with E-state index < -0.39 is 0 Å². The van der Waals surface area contributed by atoms with Crippen LogP contribution in [0, 0.1) is 0 Å². The summed E-state index contributed by atoms with van der Waals surface area (Å²) in [6.45, 7) is 5.34. The number of quaternary nitrogens is 1. The third kappa shape index (κ3) is 6.21. The molecular formula is C17H25Cl2N2O2+. The van der Waals surface area contributed by atoms with Crippen LogP contribution in [-0.4, -0.2) is 38.2 Å². The number of carbonyl (C=O) groups excluding carboxylic acids is 1. The number of amides is 1. The lowest BCUT2D eigenvalue weighted by Gasteiger charge is -2.30. The topological polar surface area (TPSA) is 42.8 Å². The first-order valence-corrected chi connectivity index (χ1v) is 9.01. The average Bonchev–Trinajstić information content (AvgIpc) is 2.52. The van der Waals surface area contributed by atoms with Crippen molar-refractivity contribution in [2.24, 2.45) is 0 Å². The highest BCUT2D eigenvalue weighted by atomic mass is 35.5. The summed E-state index contributed by atoms with van der Waals surface area (Å²) in [5, 5.41) is 3.84. The van der Waals surface area contributed by atoms with Crippen molar-refractivity contribution in [1.82, 2.24) is 5.32 Å². The molecule has 2 atom stereocenters. The number of rotatable bonds is 7. The predicted molar refractivity (Wildman–Crippen MR) is 93.6 cm³/mol. The fourth-order valence-electron chi connectivity index (χ4n) is 2.95. The first-order chi connectivity index (χ1) is 11.1. The van der Waals surface area contributed by atoms with Crippen LogP contribution in [0.1, 0.15) is 32.6 Å². The van der Waals surface area contributed by atoms with E-state index in [0.29, 0.717) is 22.3 Å². The fourth-order valence-corrected chi connectivity index (χ4v) is 3.42. The maximum Gasteiger partial charge on any atom is 0.257 e. The Morgan fingerprint density at radius 3 is 2.96 bits per heavy atom. The van der Waals surface area contributed by atoms with E-state index in [1.807, 2.05) is 0 Å². The number of ether oxygens (including phenoxy) is 1. The van der Waals surface area contributed by atoms with E-state index >= 15 is 0 Å². The number of benzene rings is 1. The van der Waals surface area contributed by atoms with Crippen molar-refractivity contribution in [3.63, 3.8) is 0 Å². The first-order valence-electron chi connectivity index (χ1n) is 8.25. The summed E-state index contributed by atoms with van der Waals surface area (Å²) in [6.07, 6.45) is 4.98. The molecule has 1 saturated heterocycles. The molecule has 0 aliphatic carbocycles. The molecule has 0 bridgehead atoms. The minimum atomic E-state index is -0.127. The number of nitrogens with one attached hydrogen (secondary N) is 2. The summed E-state index contributed by atoms with van der Waals surface area (Å²) in [5.74, 6) is 0.343. The summed E-state index contributed by atoms with van der Waals surface area (Å²) in [4.78, 5) is 13.5. The van der Waals surface area contributed by atoms with Crippen LogP contribution in [0.25, 0.3) is 0 Å². The number of carbonyl (C=O) groups is 1. The van der Waals surface area contributed by atoms with Gasteiger partial charge in [-0.1, -0.05) is 23.2 Å². The highest BCUT2D eigenvalue weighted by molar-refractivity contribution is 6.35. The zero-order valence-corrected chi connectivity index (χ0v) is 15.1. The van der Waals surface area contributed by atoms with Gasteiger partial charge in [0.15, 0.2) is 6.61 Å². The maximum atomic E-state index is 11.8. The van der Waals surface area contributed by atoms with E-state index in [2.05, 4.69) is 12.2 Å². The molecule has 1 aliphatic rings. The van der Waals surface area contributed by atoms with Gasteiger partial charge in [0.1, 0.15) is 5.75 Å². The summed E-state index contributed by atoms with van der Waals surface area (Å²) in [6, 6.07) is 5.69. The lowest BCUT2D eigenvalue weighted by atomic mass is 10.0. The van der Waals surface area contributed by atoms with Crippen LogP contribution in [-0.2, 0) is 4.79 Å². The lowest BCUT2D eigenvalue weighted by Crippen LogP contribution is -3.16. The standard InChI is InChI=1S/C17H24Cl2N2O2/c1-13-5-2-3-9-21(13)10-4-8-20-17(22)12-23-16-7-6-14(18)11-15(16)19/h6-7,11,13H,2-5,8-10,12H2,1H3,(H,20,22)/p+1/t13-/m0/s1. The van der Waals surface area contributed by atoms with Gasteiger partial charge in [-0.05, 0) is 44.4 Å². The van der Waals surface area contributed by atoms with E-state index in [9.17, 15) is 4.79 Å². The van der Waals surface area contributed by atoms with E-state index in [1.165, 1.54) is 25.8 Å². The fraction of sp³-hybridized carbons (Fsp3) is 0.588. The molecule has 1 fully saturated rings. The van der Waals surface area contributed by atoms with Crippen molar-refractivity contribution in [1.29, 1.82) is 0 Å². The molecule has 1 aromatic rings. The van der Waals surface area contributed by atoms with Crippen LogP contribution in [0.5, 0.6) is 5.75 Å². The van der Waals surface area contributed by atoms with Gasteiger partial charge in [-0.3, -0.25) is 4.79 Å². The molecular weight excluding hydrogens is 335 g/mol. The Hall–Kier alpha value is -0.970. The molecule has 128 valence electrons. The quantitative estimate of drug-likeness (QED) is 0.733. The minimum absolute atomic E-state index is 0.0334. The van der Waals surface area contributed by atoms with Crippen LogP contribution in [0.15, 0.2) is 18.2 Å². The molecule has 1 amide bonds. The Balaban J connectivity index is 1.61. The van der Waals surface area contributed by atoms with Crippen molar-refractivity contribution < 1.29 is 14.4 Å². The zero-order valence-electron chi connectivity index (χ0n) is 13.5. The van der Waals surface area contributed by atoms with Gasteiger partial charge < -0.3 is 15.0 Å². The molecule has 0 radical (unpaired) electrons. The molecule has 1 aliphatic heterocycles. The van der Waals surface area contributed by atoms with Crippen LogP contribution in [0.2, 0.25) is 10.0 Å². The monoisotopic (exact) mass is 359 g/mol. The molecule has 6 heteroatoms. The van der Waals surface area contributed by atoms with E-state index in [1.54, 1.807) is 23.1 Å². The van der Waals surface area contributed by atoms with Crippen molar-refractivity contribution in [3.05, 3.63) is 28.2 Å². The third-order valence-corrected chi connectivity index (χ3v) is 4.86. The molecule has 2 rings (SSSR count). The minimum Gasteiger partial charge on any atom is -0.482 e. The third-order valence-electron chi connectivity index (χ3n) is 4.33. The Labute approximate surface area is 148 Å². The number of hydrogen-bond acceptors (Lipinski definition) is 2. The molecule has 1 aromatic carbocycles. The van der Waals surface area contributed by atoms with Gasteiger partial charge in [0.05, 0.1) is 24.2 Å². The number of piperidine rings is 1. The van der Waals surface area contributed by atoms with Gasteiger partial charge in [-0.25, -0.2) is 0 Å². The molecule has 1 heterocycles. The molecule has 4 nitrogen and oxygen atoms in total. The summed E-state index contributed by atoms with van der Waals surface area (Å²) in [7, 11) is 0. The zero-order chi connectivity index (χ0) is 16.7. The highest BCUT2D eigenvalue weighted by Crippen LogP contribution is 2.27. The van der Waals surface area contributed by atoms with E-state index in [0.717, 1.165) is 19.0 Å². The average molecular weight is 360 g/mol. The van der Waals surface area contributed by atoms with Crippen LogP contribution in [0.4, 0.5) is 0 Å². The van der Waals surface area contributed by atoms with Crippen LogP contribution >= 0.6 is 23.2 Å². The number of likely N-dealkylation sites (tertiary alicyclic amines) is 1. The lowest BCUT2D eigenvalue weighted by molar-refractivity contribution is -0.928. The number of halogens is 2. The Morgan fingerprint density at radius 2 is 2.22 bits per heavy atom. The van der Waals surface area contributed by atoms with Crippen molar-refractivity contribution >= 4 is 29.1 Å². The SMILES string of the molecule is C[C@H]1CCCC[NH+]1CCCNC(=O)COc1ccc(Cl)cc1Cl. The summed E-state index contributed by atoms with van der Waals surface area (Å²) < 4.78 is 5.41. The van der Waals surface area contributed by atoms with Crippen molar-refractivity contribution in [2.45, 2.75) is 38.6 Å². The van der Waals surface area contributed by atoms with Gasteiger partial charge in [0.25, 0.3) is 5.91 Å². The molecule has 0 aromatic heterocycles. The molecule has 1 unspecified atom stereocenters. The second-order valence-corrected chi connectivity index (χ2v) is 6.97. The van der Waals surface area contributed by atoms with E-state index in [4.69, 9.17) is 27.9 Å². The molecule has 0 saturated carbocycles. The Bertz CT molecular complexity index is 525. The summed E-state index contributed by atoms with van der Waals surface area (Å²) >= 11 is 11.8.